The first-order valence-electron chi connectivity index (χ1n) is 8.62. The van der Waals surface area contributed by atoms with Crippen LogP contribution in [0.3, 0.4) is 0 Å². The zero-order valence-electron chi connectivity index (χ0n) is 12.6. The number of fused-ring (bicyclic) bond motifs is 2. The van der Waals surface area contributed by atoms with Crippen molar-refractivity contribution in [3.05, 3.63) is 35.4 Å². The Morgan fingerprint density at radius 1 is 1.10 bits per heavy atom. The van der Waals surface area contributed by atoms with E-state index in [0.717, 1.165) is 23.7 Å². The van der Waals surface area contributed by atoms with Gasteiger partial charge in [0.05, 0.1) is 0 Å². The molecule has 1 nitrogen and oxygen atoms in total. The SMILES string of the molecule is CNC(c1cccc(C2CCC2)c1)C1CC2CCC1C2. The Labute approximate surface area is 123 Å². The van der Waals surface area contributed by atoms with Gasteiger partial charge in [-0.1, -0.05) is 37.1 Å². The topological polar surface area (TPSA) is 12.0 Å². The van der Waals surface area contributed by atoms with E-state index >= 15 is 0 Å². The summed E-state index contributed by atoms with van der Waals surface area (Å²) in [4.78, 5) is 0. The number of nitrogens with one attached hydrogen (secondary N) is 1. The van der Waals surface area contributed by atoms with E-state index in [9.17, 15) is 0 Å². The molecule has 3 aliphatic carbocycles. The van der Waals surface area contributed by atoms with E-state index < -0.39 is 0 Å². The van der Waals surface area contributed by atoms with Crippen LogP contribution < -0.4 is 5.32 Å². The van der Waals surface area contributed by atoms with Gasteiger partial charge in [-0.15, -0.1) is 0 Å². The average Bonchev–Trinajstić information content (AvgIpc) is 3.01. The maximum absolute atomic E-state index is 3.65. The fraction of sp³-hybridized carbons (Fsp3) is 0.684. The second-order valence-corrected chi connectivity index (χ2v) is 7.40. The van der Waals surface area contributed by atoms with Crippen molar-refractivity contribution in [1.29, 1.82) is 0 Å². The lowest BCUT2D eigenvalue weighted by molar-refractivity contribution is 0.259. The molecule has 108 valence electrons. The molecule has 4 atom stereocenters. The van der Waals surface area contributed by atoms with Gasteiger partial charge in [0.15, 0.2) is 0 Å². The predicted octanol–water partition coefficient (Wildman–Crippen LogP) is 4.65. The number of rotatable bonds is 4. The van der Waals surface area contributed by atoms with E-state index in [1.165, 1.54) is 44.9 Å². The first kappa shape index (κ1) is 12.9. The lowest BCUT2D eigenvalue weighted by atomic mass is 9.77. The molecule has 3 fully saturated rings. The lowest BCUT2D eigenvalue weighted by Crippen LogP contribution is -2.29. The van der Waals surface area contributed by atoms with Crippen molar-refractivity contribution in [2.24, 2.45) is 17.8 Å². The monoisotopic (exact) mass is 269 g/mol. The van der Waals surface area contributed by atoms with E-state index in [2.05, 4.69) is 36.6 Å². The summed E-state index contributed by atoms with van der Waals surface area (Å²) in [5.74, 6) is 3.77. The Balaban J connectivity index is 1.57. The zero-order valence-corrected chi connectivity index (χ0v) is 12.6. The minimum absolute atomic E-state index is 0.588. The van der Waals surface area contributed by atoms with E-state index in [-0.39, 0.29) is 0 Å². The highest BCUT2D eigenvalue weighted by atomic mass is 14.9. The maximum atomic E-state index is 3.65. The molecule has 0 heterocycles. The number of hydrogen-bond acceptors (Lipinski definition) is 1. The standard InChI is InChI=1S/C19H27N/c1-20-19(18-11-13-8-9-16(18)10-13)17-7-3-6-15(12-17)14-4-2-5-14/h3,6-7,12-14,16,18-20H,2,4-5,8-11H2,1H3. The van der Waals surface area contributed by atoms with Crippen molar-refractivity contribution in [1.82, 2.24) is 5.32 Å². The molecule has 0 spiro atoms. The average molecular weight is 269 g/mol. The maximum Gasteiger partial charge on any atom is 0.0349 e. The summed E-state index contributed by atoms with van der Waals surface area (Å²) in [7, 11) is 2.16. The molecule has 0 aliphatic heterocycles. The van der Waals surface area contributed by atoms with Crippen LogP contribution in [0.2, 0.25) is 0 Å². The van der Waals surface area contributed by atoms with Crippen molar-refractivity contribution in [2.45, 2.75) is 56.9 Å². The van der Waals surface area contributed by atoms with Crippen LogP contribution in [0, 0.1) is 17.8 Å². The van der Waals surface area contributed by atoms with Gasteiger partial charge in [0, 0.05) is 6.04 Å². The van der Waals surface area contributed by atoms with E-state index in [0.29, 0.717) is 6.04 Å². The van der Waals surface area contributed by atoms with Crippen LogP contribution in [0.15, 0.2) is 24.3 Å². The molecular formula is C19H27N. The van der Waals surface area contributed by atoms with Gasteiger partial charge in [-0.25, -0.2) is 0 Å². The minimum atomic E-state index is 0.588. The van der Waals surface area contributed by atoms with E-state index in [1.54, 1.807) is 11.1 Å². The summed E-state index contributed by atoms with van der Waals surface area (Å²) in [5, 5.41) is 3.65. The second kappa shape index (κ2) is 5.18. The van der Waals surface area contributed by atoms with E-state index in [4.69, 9.17) is 0 Å². The molecule has 2 bridgehead atoms. The van der Waals surface area contributed by atoms with Gasteiger partial charge in [0.1, 0.15) is 0 Å². The third-order valence-corrected chi connectivity index (χ3v) is 6.38. The molecule has 1 heteroatoms. The molecular weight excluding hydrogens is 242 g/mol. The van der Waals surface area contributed by atoms with Gasteiger partial charge >= 0.3 is 0 Å². The van der Waals surface area contributed by atoms with Gasteiger partial charge in [0.25, 0.3) is 0 Å². The fourth-order valence-electron chi connectivity index (χ4n) is 5.08. The highest BCUT2D eigenvalue weighted by Crippen LogP contribution is 2.52. The summed E-state index contributed by atoms with van der Waals surface area (Å²) in [5.41, 5.74) is 3.15. The highest BCUT2D eigenvalue weighted by molar-refractivity contribution is 5.30. The summed E-state index contributed by atoms with van der Waals surface area (Å²) in [6.45, 7) is 0. The Morgan fingerprint density at radius 2 is 2.00 bits per heavy atom. The minimum Gasteiger partial charge on any atom is -0.313 e. The molecule has 0 radical (unpaired) electrons. The highest BCUT2D eigenvalue weighted by Gasteiger charge is 2.43. The molecule has 4 rings (SSSR count). The van der Waals surface area contributed by atoms with Crippen LogP contribution in [0.1, 0.15) is 68.0 Å². The molecule has 0 amide bonds. The summed E-state index contributed by atoms with van der Waals surface area (Å²) >= 11 is 0. The van der Waals surface area contributed by atoms with Crippen molar-refractivity contribution in [2.75, 3.05) is 7.05 Å². The van der Waals surface area contributed by atoms with Crippen LogP contribution in [-0.2, 0) is 0 Å². The summed E-state index contributed by atoms with van der Waals surface area (Å²) in [6.07, 6.45) is 10.2. The lowest BCUT2D eigenvalue weighted by Gasteiger charge is -2.32. The van der Waals surface area contributed by atoms with Gasteiger partial charge in [-0.3, -0.25) is 0 Å². The van der Waals surface area contributed by atoms with Crippen LogP contribution in [0.25, 0.3) is 0 Å². The Kier molecular flexibility index (Phi) is 3.34. The Morgan fingerprint density at radius 3 is 2.60 bits per heavy atom. The molecule has 0 aromatic heterocycles. The van der Waals surface area contributed by atoms with Crippen molar-refractivity contribution in [3.63, 3.8) is 0 Å². The van der Waals surface area contributed by atoms with Gasteiger partial charge in [-0.05, 0) is 74.0 Å². The first-order valence-corrected chi connectivity index (χ1v) is 8.62. The molecule has 4 unspecified atom stereocenters. The van der Waals surface area contributed by atoms with Crippen molar-refractivity contribution >= 4 is 0 Å². The molecule has 1 aromatic rings. The first-order chi connectivity index (χ1) is 9.85. The van der Waals surface area contributed by atoms with Gasteiger partial charge in [0.2, 0.25) is 0 Å². The van der Waals surface area contributed by atoms with Crippen LogP contribution in [-0.4, -0.2) is 7.05 Å². The normalized spacial score (nSPS) is 34.1. The third-order valence-electron chi connectivity index (χ3n) is 6.38. The van der Waals surface area contributed by atoms with Crippen molar-refractivity contribution < 1.29 is 0 Å². The zero-order chi connectivity index (χ0) is 13.5. The molecule has 3 aliphatic rings. The molecule has 1 aromatic carbocycles. The van der Waals surface area contributed by atoms with Gasteiger partial charge < -0.3 is 5.32 Å². The molecule has 1 N–H and O–H groups in total. The summed E-state index contributed by atoms with van der Waals surface area (Å²) in [6, 6.07) is 10.1. The van der Waals surface area contributed by atoms with Crippen molar-refractivity contribution in [3.8, 4) is 0 Å². The predicted molar refractivity (Wildman–Crippen MR) is 83.8 cm³/mol. The molecule has 0 saturated heterocycles. The summed E-state index contributed by atoms with van der Waals surface area (Å²) < 4.78 is 0. The Hall–Kier alpha value is -0.820. The van der Waals surface area contributed by atoms with Crippen LogP contribution >= 0.6 is 0 Å². The Bertz CT molecular complexity index is 476. The molecule has 3 saturated carbocycles. The second-order valence-electron chi connectivity index (χ2n) is 7.40. The fourth-order valence-corrected chi connectivity index (χ4v) is 5.08. The number of hydrogen-bond donors (Lipinski definition) is 1. The smallest absolute Gasteiger partial charge is 0.0349 e. The number of benzene rings is 1. The quantitative estimate of drug-likeness (QED) is 0.839. The van der Waals surface area contributed by atoms with Gasteiger partial charge in [-0.2, -0.15) is 0 Å². The van der Waals surface area contributed by atoms with E-state index in [1.807, 2.05) is 0 Å². The largest absolute Gasteiger partial charge is 0.313 e. The van der Waals surface area contributed by atoms with Crippen LogP contribution in [0.5, 0.6) is 0 Å². The molecule has 20 heavy (non-hydrogen) atoms. The van der Waals surface area contributed by atoms with Crippen LogP contribution in [0.4, 0.5) is 0 Å². The third kappa shape index (κ3) is 2.11.